The fraction of sp³-hybridized carbons (Fsp3) is 0.167. The Labute approximate surface area is 295 Å². The maximum Gasteiger partial charge on any atom is 0.0552 e. The summed E-state index contributed by atoms with van der Waals surface area (Å²) < 4.78 is 2.44. The normalized spacial score (nSPS) is 26.7. The van der Waals surface area contributed by atoms with Gasteiger partial charge in [-0.25, -0.2) is 0 Å². The van der Waals surface area contributed by atoms with Crippen LogP contribution in [-0.2, 0) is 0 Å². The van der Waals surface area contributed by atoms with E-state index in [1.807, 2.05) is 18.2 Å². The van der Waals surface area contributed by atoms with Crippen LogP contribution in [0.25, 0.3) is 33.1 Å². The molecule has 5 aliphatic rings. The molecule has 244 valence electrons. The lowest BCUT2D eigenvalue weighted by molar-refractivity contribution is 0.528. The fourth-order valence-corrected chi connectivity index (χ4v) is 8.79. The van der Waals surface area contributed by atoms with Gasteiger partial charge in [-0.1, -0.05) is 152 Å². The van der Waals surface area contributed by atoms with E-state index in [2.05, 4.69) is 180 Å². The van der Waals surface area contributed by atoms with Gasteiger partial charge in [0, 0.05) is 45.8 Å². The Hall–Kier alpha value is -5.60. The molecule has 1 fully saturated rings. The van der Waals surface area contributed by atoms with Crippen molar-refractivity contribution in [2.45, 2.75) is 30.8 Å². The lowest BCUT2D eigenvalue weighted by Crippen LogP contribution is -2.36. The van der Waals surface area contributed by atoms with Crippen molar-refractivity contribution in [3.05, 3.63) is 200 Å². The molecule has 9 rings (SSSR count). The van der Waals surface area contributed by atoms with Gasteiger partial charge in [-0.15, -0.1) is 0 Å². The summed E-state index contributed by atoms with van der Waals surface area (Å²) in [4.78, 5) is 2.67. The number of hydrogen-bond donors (Lipinski definition) is 0. The lowest BCUT2D eigenvalue weighted by Gasteiger charge is -2.33. The third-order valence-corrected chi connectivity index (χ3v) is 11.1. The zero-order valence-corrected chi connectivity index (χ0v) is 28.3. The molecule has 0 N–H and O–H groups in total. The van der Waals surface area contributed by atoms with Crippen LogP contribution >= 0.6 is 0 Å². The van der Waals surface area contributed by atoms with Crippen LogP contribution in [0.5, 0.6) is 0 Å². The Morgan fingerprint density at radius 3 is 2.46 bits per heavy atom. The van der Waals surface area contributed by atoms with Crippen molar-refractivity contribution in [3.8, 4) is 0 Å². The van der Waals surface area contributed by atoms with Crippen molar-refractivity contribution in [2.75, 3.05) is 4.90 Å². The highest BCUT2D eigenvalue weighted by Crippen LogP contribution is 2.47. The van der Waals surface area contributed by atoms with Gasteiger partial charge in [0.05, 0.1) is 23.1 Å². The number of benzene rings is 3. The van der Waals surface area contributed by atoms with Gasteiger partial charge >= 0.3 is 0 Å². The first-order valence-electron chi connectivity index (χ1n) is 18.1. The standard InChI is InChI=1S/C48H42N2/c1-2-3-4-6-15-34-16-13-20-39(30-34)49-45-24-11-9-22-41(45)43-32-37(26-28-47(43)49)38-27-29-48-44(33-38)42-23-10-12-25-46(42)50(48)40-21-14-19-36(31-40)35-17-7-5-8-18-35/h2-15,17,19-35,42,44,46,48H,1,16,18H2/b4-3-,15-6+. The number of nitrogens with zero attached hydrogens (tertiary/aromatic N) is 2. The fourth-order valence-electron chi connectivity index (χ4n) is 8.79. The van der Waals surface area contributed by atoms with Gasteiger partial charge in [0.25, 0.3) is 0 Å². The number of aromatic nitrogens is 1. The largest absolute Gasteiger partial charge is 0.357 e. The number of fused-ring (bicyclic) bond motifs is 6. The van der Waals surface area contributed by atoms with Gasteiger partial charge in [0.1, 0.15) is 0 Å². The quantitative estimate of drug-likeness (QED) is 0.181. The minimum absolute atomic E-state index is 0.308. The zero-order valence-electron chi connectivity index (χ0n) is 28.3. The summed E-state index contributed by atoms with van der Waals surface area (Å²) in [6.45, 7) is 3.78. The van der Waals surface area contributed by atoms with Gasteiger partial charge in [0.15, 0.2) is 0 Å². The van der Waals surface area contributed by atoms with E-state index in [0.29, 0.717) is 35.8 Å². The second-order valence-corrected chi connectivity index (χ2v) is 14.0. The molecular formula is C48H42N2. The maximum absolute atomic E-state index is 3.78. The van der Waals surface area contributed by atoms with Crippen molar-refractivity contribution in [1.82, 2.24) is 4.57 Å². The van der Waals surface area contributed by atoms with E-state index in [1.165, 1.54) is 49.9 Å². The molecule has 4 aromatic rings. The number of allylic oxidation sites excluding steroid dienone is 17. The summed E-state index contributed by atoms with van der Waals surface area (Å²) in [6.07, 6.45) is 45.0. The highest BCUT2D eigenvalue weighted by Gasteiger charge is 2.46. The molecule has 0 saturated carbocycles. The van der Waals surface area contributed by atoms with E-state index in [4.69, 9.17) is 0 Å². The molecular weight excluding hydrogens is 605 g/mol. The minimum atomic E-state index is 0.308. The molecule has 2 nitrogen and oxygen atoms in total. The third-order valence-electron chi connectivity index (χ3n) is 11.1. The monoisotopic (exact) mass is 646 g/mol. The van der Waals surface area contributed by atoms with E-state index in [9.17, 15) is 0 Å². The number of hydrogen-bond acceptors (Lipinski definition) is 1. The molecule has 2 heterocycles. The molecule has 1 aliphatic heterocycles. The van der Waals surface area contributed by atoms with Crippen molar-refractivity contribution in [2.24, 2.45) is 17.8 Å². The summed E-state index contributed by atoms with van der Waals surface area (Å²) in [5.74, 6) is 1.62. The summed E-state index contributed by atoms with van der Waals surface area (Å²) in [6, 6.07) is 25.9. The first kappa shape index (κ1) is 30.5. The molecule has 4 aliphatic carbocycles. The van der Waals surface area contributed by atoms with Crippen LogP contribution in [0.3, 0.4) is 0 Å². The van der Waals surface area contributed by atoms with E-state index >= 15 is 0 Å². The SMILES string of the molecule is C=C/C=C\C=C\C1C=C(n2c3ccccc3c3cc(C4=CC5C6C=CC=CC6N(c6cccc(C7C=CC=CC7)c6)C5C=C4)ccc32)C=CC1. The van der Waals surface area contributed by atoms with Crippen LogP contribution in [0, 0.1) is 17.8 Å². The maximum atomic E-state index is 3.78. The average Bonchev–Trinajstić information content (AvgIpc) is 3.69. The first-order valence-corrected chi connectivity index (χ1v) is 18.1. The Morgan fingerprint density at radius 2 is 1.54 bits per heavy atom. The second-order valence-electron chi connectivity index (χ2n) is 14.0. The van der Waals surface area contributed by atoms with Crippen LogP contribution in [0.1, 0.15) is 29.9 Å². The molecule has 3 aromatic carbocycles. The Balaban J connectivity index is 1.07. The van der Waals surface area contributed by atoms with E-state index in [-0.39, 0.29) is 0 Å². The van der Waals surface area contributed by atoms with Crippen LogP contribution in [0.15, 0.2) is 189 Å². The molecule has 1 aromatic heterocycles. The lowest BCUT2D eigenvalue weighted by atomic mass is 9.80. The first-order chi connectivity index (χ1) is 24.8. The highest BCUT2D eigenvalue weighted by molar-refractivity contribution is 6.11. The summed E-state index contributed by atoms with van der Waals surface area (Å²) >= 11 is 0. The molecule has 0 spiro atoms. The van der Waals surface area contributed by atoms with Crippen molar-refractivity contribution >= 4 is 38.8 Å². The predicted octanol–water partition coefficient (Wildman–Crippen LogP) is 11.7. The minimum Gasteiger partial charge on any atom is -0.357 e. The van der Waals surface area contributed by atoms with Crippen molar-refractivity contribution < 1.29 is 0 Å². The van der Waals surface area contributed by atoms with Gasteiger partial charge in [-0.3, -0.25) is 0 Å². The molecule has 6 atom stereocenters. The third kappa shape index (κ3) is 5.36. The van der Waals surface area contributed by atoms with Gasteiger partial charge in [-0.05, 0) is 65.9 Å². The molecule has 0 amide bonds. The smallest absolute Gasteiger partial charge is 0.0552 e. The van der Waals surface area contributed by atoms with E-state index in [1.54, 1.807) is 0 Å². The van der Waals surface area contributed by atoms with Crippen LogP contribution in [0.4, 0.5) is 5.69 Å². The van der Waals surface area contributed by atoms with Crippen LogP contribution < -0.4 is 4.90 Å². The predicted molar refractivity (Wildman–Crippen MR) is 214 cm³/mol. The Bertz CT molecular complexity index is 2290. The topological polar surface area (TPSA) is 8.17 Å². The number of para-hydroxylation sites is 1. The summed E-state index contributed by atoms with van der Waals surface area (Å²) in [7, 11) is 0. The Morgan fingerprint density at radius 1 is 0.660 bits per heavy atom. The molecule has 0 bridgehead atoms. The molecule has 2 heteroatoms. The molecule has 0 radical (unpaired) electrons. The number of anilines is 1. The van der Waals surface area contributed by atoms with Crippen LogP contribution in [0.2, 0.25) is 0 Å². The van der Waals surface area contributed by atoms with Gasteiger partial charge < -0.3 is 9.47 Å². The van der Waals surface area contributed by atoms with Crippen LogP contribution in [-0.4, -0.2) is 16.7 Å². The highest BCUT2D eigenvalue weighted by atomic mass is 15.2. The molecule has 50 heavy (non-hydrogen) atoms. The molecule has 1 saturated heterocycles. The zero-order chi connectivity index (χ0) is 33.4. The van der Waals surface area contributed by atoms with E-state index < -0.39 is 0 Å². The van der Waals surface area contributed by atoms with Crippen molar-refractivity contribution in [3.63, 3.8) is 0 Å². The number of rotatable bonds is 7. The summed E-state index contributed by atoms with van der Waals surface area (Å²) in [5.41, 5.74) is 9.03. The van der Waals surface area contributed by atoms with E-state index in [0.717, 1.165) is 12.8 Å². The Kier molecular flexibility index (Phi) is 7.93. The van der Waals surface area contributed by atoms with Gasteiger partial charge in [-0.2, -0.15) is 0 Å². The summed E-state index contributed by atoms with van der Waals surface area (Å²) in [5, 5.41) is 2.59. The second kappa shape index (κ2) is 13.0. The van der Waals surface area contributed by atoms with Crippen molar-refractivity contribution in [1.29, 1.82) is 0 Å². The average molecular weight is 647 g/mol. The molecule has 6 unspecified atom stereocenters. The van der Waals surface area contributed by atoms with Gasteiger partial charge in [0.2, 0.25) is 0 Å².